The second kappa shape index (κ2) is 6.95. The molecule has 0 spiro atoms. The van der Waals surface area contributed by atoms with Gasteiger partial charge in [0, 0.05) is 12.5 Å². The first-order valence-electron chi connectivity index (χ1n) is 6.23. The van der Waals surface area contributed by atoms with Crippen LogP contribution in [-0.4, -0.2) is 33.7 Å². The fourth-order valence-electron chi connectivity index (χ4n) is 1.60. The van der Waals surface area contributed by atoms with Crippen LogP contribution in [0.3, 0.4) is 0 Å². The molecule has 1 rings (SSSR count). The number of carbonyl (C=O) groups is 1. The van der Waals surface area contributed by atoms with Crippen molar-refractivity contribution in [2.45, 2.75) is 13.8 Å². The van der Waals surface area contributed by atoms with Gasteiger partial charge in [-0.1, -0.05) is 37.6 Å². The van der Waals surface area contributed by atoms with Gasteiger partial charge in [0.2, 0.25) is 15.9 Å². The summed E-state index contributed by atoms with van der Waals surface area (Å²) in [4.78, 5) is 11.5. The van der Waals surface area contributed by atoms with Crippen LogP contribution in [0.4, 0.5) is 5.69 Å². The van der Waals surface area contributed by atoms with Crippen LogP contribution in [0.2, 0.25) is 5.02 Å². The Morgan fingerprint density at radius 3 is 2.45 bits per heavy atom. The van der Waals surface area contributed by atoms with E-state index in [1.165, 1.54) is 4.31 Å². The Morgan fingerprint density at radius 1 is 1.35 bits per heavy atom. The normalized spacial score (nSPS) is 11.4. The second-order valence-corrected chi connectivity index (χ2v) is 7.05. The quantitative estimate of drug-likeness (QED) is 0.871. The van der Waals surface area contributed by atoms with E-state index in [2.05, 4.69) is 5.32 Å². The molecule has 1 aromatic carbocycles. The third kappa shape index (κ3) is 4.68. The van der Waals surface area contributed by atoms with E-state index in [0.29, 0.717) is 10.7 Å². The van der Waals surface area contributed by atoms with Crippen LogP contribution < -0.4 is 9.62 Å². The topological polar surface area (TPSA) is 66.5 Å². The molecule has 0 aliphatic heterocycles. The van der Waals surface area contributed by atoms with Gasteiger partial charge in [0.15, 0.2) is 0 Å². The molecule has 112 valence electrons. The summed E-state index contributed by atoms with van der Waals surface area (Å²) in [6.07, 6.45) is 1.11. The predicted octanol–water partition coefficient (Wildman–Crippen LogP) is 1.88. The van der Waals surface area contributed by atoms with E-state index in [1.807, 2.05) is 0 Å². The van der Waals surface area contributed by atoms with Crippen molar-refractivity contribution in [2.75, 3.05) is 23.7 Å². The highest BCUT2D eigenvalue weighted by molar-refractivity contribution is 7.92. The standard InChI is InChI=1S/C13H19ClN2O3S/c1-10(2)13(17)15-8-9-16(20(3,18)19)12-7-5-4-6-11(12)14/h4-7,10H,8-9H2,1-3H3,(H,15,17). The average Bonchev–Trinajstić information content (AvgIpc) is 2.34. The molecule has 1 N–H and O–H groups in total. The predicted molar refractivity (Wildman–Crippen MR) is 81.5 cm³/mol. The van der Waals surface area contributed by atoms with Gasteiger partial charge in [0.25, 0.3) is 0 Å². The summed E-state index contributed by atoms with van der Waals surface area (Å²) in [5.41, 5.74) is 0.412. The van der Waals surface area contributed by atoms with Crippen LogP contribution in [0.15, 0.2) is 24.3 Å². The largest absolute Gasteiger partial charge is 0.354 e. The molecule has 7 heteroatoms. The van der Waals surface area contributed by atoms with Crippen molar-refractivity contribution in [3.8, 4) is 0 Å². The lowest BCUT2D eigenvalue weighted by atomic mass is 10.2. The van der Waals surface area contributed by atoms with Crippen molar-refractivity contribution in [1.82, 2.24) is 5.32 Å². The van der Waals surface area contributed by atoms with Crippen LogP contribution in [-0.2, 0) is 14.8 Å². The third-order valence-corrected chi connectivity index (χ3v) is 4.16. The molecule has 0 bridgehead atoms. The summed E-state index contributed by atoms with van der Waals surface area (Å²) in [5.74, 6) is -0.250. The second-order valence-electron chi connectivity index (χ2n) is 4.73. The Bertz CT molecular complexity index is 573. The Labute approximate surface area is 125 Å². The molecule has 0 atom stereocenters. The highest BCUT2D eigenvalue weighted by atomic mass is 35.5. The van der Waals surface area contributed by atoms with Crippen LogP contribution >= 0.6 is 11.6 Å². The van der Waals surface area contributed by atoms with Crippen LogP contribution in [0.5, 0.6) is 0 Å². The van der Waals surface area contributed by atoms with Gasteiger partial charge in [0.1, 0.15) is 0 Å². The van der Waals surface area contributed by atoms with Crippen molar-refractivity contribution < 1.29 is 13.2 Å². The van der Waals surface area contributed by atoms with Gasteiger partial charge < -0.3 is 5.32 Å². The lowest BCUT2D eigenvalue weighted by Crippen LogP contribution is -2.39. The molecule has 0 aliphatic carbocycles. The molecule has 20 heavy (non-hydrogen) atoms. The van der Waals surface area contributed by atoms with E-state index in [4.69, 9.17) is 11.6 Å². The molecule has 0 heterocycles. The Kier molecular flexibility index (Phi) is 5.83. The molecule has 0 saturated carbocycles. The van der Waals surface area contributed by atoms with Crippen LogP contribution in [0, 0.1) is 5.92 Å². The highest BCUT2D eigenvalue weighted by Crippen LogP contribution is 2.26. The lowest BCUT2D eigenvalue weighted by Gasteiger charge is -2.23. The summed E-state index contributed by atoms with van der Waals surface area (Å²) in [5, 5.41) is 3.04. The summed E-state index contributed by atoms with van der Waals surface area (Å²) in [7, 11) is -3.46. The number of rotatable bonds is 6. The number of hydrogen-bond acceptors (Lipinski definition) is 3. The Balaban J connectivity index is 2.83. The van der Waals surface area contributed by atoms with E-state index in [0.717, 1.165) is 6.26 Å². The molecule has 0 aromatic heterocycles. The maximum absolute atomic E-state index is 11.8. The van der Waals surface area contributed by atoms with Crippen molar-refractivity contribution in [3.63, 3.8) is 0 Å². The zero-order valence-electron chi connectivity index (χ0n) is 11.8. The van der Waals surface area contributed by atoms with Gasteiger partial charge in [-0.2, -0.15) is 0 Å². The van der Waals surface area contributed by atoms with Crippen molar-refractivity contribution >= 4 is 33.2 Å². The number of anilines is 1. The molecular weight excluding hydrogens is 300 g/mol. The summed E-state index contributed by atoms with van der Waals surface area (Å²) in [6, 6.07) is 6.70. The van der Waals surface area contributed by atoms with Gasteiger partial charge in [0.05, 0.1) is 23.5 Å². The van der Waals surface area contributed by atoms with Gasteiger partial charge >= 0.3 is 0 Å². The van der Waals surface area contributed by atoms with Crippen molar-refractivity contribution in [1.29, 1.82) is 0 Å². The number of halogens is 1. The number of nitrogens with one attached hydrogen (secondary N) is 1. The highest BCUT2D eigenvalue weighted by Gasteiger charge is 2.19. The molecule has 1 aromatic rings. The zero-order valence-corrected chi connectivity index (χ0v) is 13.3. The molecule has 0 fully saturated rings. The van der Waals surface area contributed by atoms with E-state index in [9.17, 15) is 13.2 Å². The number of benzene rings is 1. The fraction of sp³-hybridized carbons (Fsp3) is 0.462. The minimum absolute atomic E-state index is 0.113. The van der Waals surface area contributed by atoms with Gasteiger partial charge in [-0.25, -0.2) is 8.42 Å². The zero-order chi connectivity index (χ0) is 15.3. The monoisotopic (exact) mass is 318 g/mol. The maximum atomic E-state index is 11.8. The molecule has 0 aliphatic rings. The summed E-state index contributed by atoms with van der Waals surface area (Å²) < 4.78 is 24.9. The molecule has 0 radical (unpaired) electrons. The van der Waals surface area contributed by atoms with Crippen LogP contribution in [0.1, 0.15) is 13.8 Å². The first kappa shape index (κ1) is 16.8. The van der Waals surface area contributed by atoms with Gasteiger partial charge in [-0.05, 0) is 12.1 Å². The van der Waals surface area contributed by atoms with Gasteiger partial charge in [-0.15, -0.1) is 0 Å². The smallest absolute Gasteiger partial charge is 0.232 e. The Morgan fingerprint density at radius 2 is 1.95 bits per heavy atom. The minimum Gasteiger partial charge on any atom is -0.354 e. The first-order valence-corrected chi connectivity index (χ1v) is 8.46. The number of amides is 1. The van der Waals surface area contributed by atoms with E-state index in [-0.39, 0.29) is 24.9 Å². The lowest BCUT2D eigenvalue weighted by molar-refractivity contribution is -0.123. The maximum Gasteiger partial charge on any atom is 0.232 e. The van der Waals surface area contributed by atoms with E-state index in [1.54, 1.807) is 38.1 Å². The third-order valence-electron chi connectivity index (χ3n) is 2.66. The number of para-hydroxylation sites is 1. The minimum atomic E-state index is -3.46. The van der Waals surface area contributed by atoms with Crippen LogP contribution in [0.25, 0.3) is 0 Å². The molecule has 1 amide bonds. The van der Waals surface area contributed by atoms with E-state index < -0.39 is 10.0 Å². The van der Waals surface area contributed by atoms with Crippen molar-refractivity contribution in [3.05, 3.63) is 29.3 Å². The molecule has 0 saturated heterocycles. The summed E-state index contributed by atoms with van der Waals surface area (Å²) >= 11 is 6.02. The molecule has 0 unspecified atom stereocenters. The number of carbonyl (C=O) groups excluding carboxylic acids is 1. The molecule has 5 nitrogen and oxygen atoms in total. The number of sulfonamides is 1. The van der Waals surface area contributed by atoms with Crippen molar-refractivity contribution in [2.24, 2.45) is 5.92 Å². The SMILES string of the molecule is CC(C)C(=O)NCCN(c1ccccc1Cl)S(C)(=O)=O. The first-order chi connectivity index (χ1) is 9.23. The fourth-order valence-corrected chi connectivity index (χ4v) is 2.83. The number of nitrogens with zero attached hydrogens (tertiary/aromatic N) is 1. The number of hydrogen-bond donors (Lipinski definition) is 1. The Hall–Kier alpha value is -1.27. The van der Waals surface area contributed by atoms with Gasteiger partial charge in [-0.3, -0.25) is 9.10 Å². The average molecular weight is 319 g/mol. The summed E-state index contributed by atoms with van der Waals surface area (Å²) in [6.45, 7) is 3.92. The molecular formula is C13H19ClN2O3S. The van der Waals surface area contributed by atoms with E-state index >= 15 is 0 Å².